The number of hydrogen-bond acceptors (Lipinski definition) is 2. The molecule has 86 valence electrons. The maximum atomic E-state index is 10.7. The van der Waals surface area contributed by atoms with Gasteiger partial charge in [-0.05, 0) is 48.0 Å². The molecule has 3 heteroatoms. The van der Waals surface area contributed by atoms with Gasteiger partial charge in [-0.1, -0.05) is 6.08 Å². The first kappa shape index (κ1) is 13.0. The number of anilines is 1. The number of halogens is 1. The van der Waals surface area contributed by atoms with Crippen molar-refractivity contribution in [3.8, 4) is 0 Å². The van der Waals surface area contributed by atoms with Crippen molar-refractivity contribution in [2.24, 2.45) is 0 Å². The first-order chi connectivity index (χ1) is 7.60. The van der Waals surface area contributed by atoms with Gasteiger partial charge in [-0.25, -0.2) is 0 Å². The molecule has 0 atom stereocenters. The Morgan fingerprint density at radius 2 is 2.19 bits per heavy atom. The molecule has 0 aromatic heterocycles. The van der Waals surface area contributed by atoms with Crippen molar-refractivity contribution in [3.63, 3.8) is 0 Å². The minimum atomic E-state index is 0.395. The molecule has 0 saturated heterocycles. The standard InChI is InChI=1S/C13H16BrNO/c1-4-7-15(10(2)3)12-6-5-11(9-16)13(14)8-12/h4-6,8-10H,1,7H2,2-3H3. The largest absolute Gasteiger partial charge is 0.365 e. The van der Waals surface area contributed by atoms with Gasteiger partial charge in [-0.15, -0.1) is 6.58 Å². The van der Waals surface area contributed by atoms with Gasteiger partial charge in [0.1, 0.15) is 0 Å². The summed E-state index contributed by atoms with van der Waals surface area (Å²) in [4.78, 5) is 12.9. The predicted octanol–water partition coefficient (Wildman–Crippen LogP) is 3.66. The Morgan fingerprint density at radius 1 is 1.50 bits per heavy atom. The third-order valence-electron chi connectivity index (χ3n) is 2.39. The van der Waals surface area contributed by atoms with Gasteiger partial charge in [0.25, 0.3) is 0 Å². The predicted molar refractivity (Wildman–Crippen MR) is 72.2 cm³/mol. The van der Waals surface area contributed by atoms with Crippen molar-refractivity contribution in [1.29, 1.82) is 0 Å². The van der Waals surface area contributed by atoms with Crippen LogP contribution in [0.3, 0.4) is 0 Å². The fourth-order valence-electron chi connectivity index (χ4n) is 1.54. The van der Waals surface area contributed by atoms with E-state index in [2.05, 4.69) is 41.3 Å². The lowest BCUT2D eigenvalue weighted by Gasteiger charge is -2.28. The van der Waals surface area contributed by atoms with Crippen molar-refractivity contribution in [1.82, 2.24) is 0 Å². The first-order valence-corrected chi connectivity index (χ1v) is 6.01. The number of carbonyl (C=O) groups is 1. The summed E-state index contributed by atoms with van der Waals surface area (Å²) < 4.78 is 0.828. The average molecular weight is 282 g/mol. The molecule has 0 N–H and O–H groups in total. The topological polar surface area (TPSA) is 20.3 Å². The summed E-state index contributed by atoms with van der Waals surface area (Å²) >= 11 is 3.39. The van der Waals surface area contributed by atoms with Crippen molar-refractivity contribution >= 4 is 27.9 Å². The summed E-state index contributed by atoms with van der Waals surface area (Å²) in [6.07, 6.45) is 2.72. The van der Waals surface area contributed by atoms with Gasteiger partial charge in [-0.2, -0.15) is 0 Å². The molecular formula is C13H16BrNO. The molecule has 1 aromatic carbocycles. The number of aldehydes is 1. The second-order valence-electron chi connectivity index (χ2n) is 3.86. The smallest absolute Gasteiger partial charge is 0.151 e. The zero-order valence-corrected chi connectivity index (χ0v) is 11.2. The van der Waals surface area contributed by atoms with E-state index in [-0.39, 0.29) is 0 Å². The van der Waals surface area contributed by atoms with Crippen molar-refractivity contribution < 1.29 is 4.79 Å². The Morgan fingerprint density at radius 3 is 2.62 bits per heavy atom. The van der Waals surface area contributed by atoms with Gasteiger partial charge in [0.2, 0.25) is 0 Å². The summed E-state index contributed by atoms with van der Waals surface area (Å²) in [5, 5.41) is 0. The number of hydrogen-bond donors (Lipinski definition) is 0. The van der Waals surface area contributed by atoms with Crippen LogP contribution in [0.4, 0.5) is 5.69 Å². The quantitative estimate of drug-likeness (QED) is 0.606. The van der Waals surface area contributed by atoms with Gasteiger partial charge in [0.15, 0.2) is 6.29 Å². The lowest BCUT2D eigenvalue weighted by atomic mass is 10.2. The van der Waals surface area contributed by atoms with E-state index in [1.807, 2.05) is 24.3 Å². The van der Waals surface area contributed by atoms with Crippen molar-refractivity contribution in [3.05, 3.63) is 40.9 Å². The second-order valence-corrected chi connectivity index (χ2v) is 4.71. The van der Waals surface area contributed by atoms with Crippen LogP contribution in [0.5, 0.6) is 0 Å². The molecule has 0 radical (unpaired) electrons. The Bertz CT molecular complexity index is 388. The molecule has 0 saturated carbocycles. The SMILES string of the molecule is C=CCN(c1ccc(C=O)c(Br)c1)C(C)C. The summed E-state index contributed by atoms with van der Waals surface area (Å²) in [5.74, 6) is 0. The van der Waals surface area contributed by atoms with Gasteiger partial charge in [0, 0.05) is 28.3 Å². The van der Waals surface area contributed by atoms with Crippen LogP contribution >= 0.6 is 15.9 Å². The molecule has 0 aliphatic heterocycles. The molecule has 2 nitrogen and oxygen atoms in total. The second kappa shape index (κ2) is 5.85. The molecule has 0 spiro atoms. The molecule has 0 fully saturated rings. The molecule has 0 aliphatic carbocycles. The molecular weight excluding hydrogens is 266 g/mol. The summed E-state index contributed by atoms with van der Waals surface area (Å²) in [5.41, 5.74) is 1.76. The zero-order valence-electron chi connectivity index (χ0n) is 9.61. The summed E-state index contributed by atoms with van der Waals surface area (Å²) in [6.45, 7) is 8.81. The van der Waals surface area contributed by atoms with Crippen LogP contribution < -0.4 is 4.90 Å². The maximum absolute atomic E-state index is 10.7. The molecule has 0 amide bonds. The fraction of sp³-hybridized carbons (Fsp3) is 0.308. The number of carbonyl (C=O) groups excluding carboxylic acids is 1. The van der Waals surface area contributed by atoms with Gasteiger partial charge >= 0.3 is 0 Å². The van der Waals surface area contributed by atoms with Gasteiger partial charge < -0.3 is 4.90 Å². The highest BCUT2D eigenvalue weighted by Gasteiger charge is 2.10. The van der Waals surface area contributed by atoms with Crippen LogP contribution in [0.15, 0.2) is 35.3 Å². The Labute approximate surface area is 105 Å². The third-order valence-corrected chi connectivity index (χ3v) is 3.08. The monoisotopic (exact) mass is 281 g/mol. The lowest BCUT2D eigenvalue weighted by molar-refractivity contribution is 0.112. The molecule has 16 heavy (non-hydrogen) atoms. The zero-order chi connectivity index (χ0) is 12.1. The van der Waals surface area contributed by atoms with Crippen LogP contribution in [-0.4, -0.2) is 18.9 Å². The van der Waals surface area contributed by atoms with E-state index in [0.29, 0.717) is 11.6 Å². The van der Waals surface area contributed by atoms with E-state index in [4.69, 9.17) is 0 Å². The molecule has 0 bridgehead atoms. The fourth-order valence-corrected chi connectivity index (χ4v) is 2.00. The Kier molecular flexibility index (Phi) is 4.74. The van der Waals surface area contributed by atoms with Crippen LogP contribution in [0, 0.1) is 0 Å². The van der Waals surface area contributed by atoms with Crippen LogP contribution in [-0.2, 0) is 0 Å². The Balaban J connectivity index is 3.05. The molecule has 1 rings (SSSR count). The lowest BCUT2D eigenvalue weighted by Crippen LogP contribution is -2.30. The normalized spacial score (nSPS) is 10.2. The van der Waals surface area contributed by atoms with Crippen molar-refractivity contribution in [2.45, 2.75) is 19.9 Å². The highest BCUT2D eigenvalue weighted by Crippen LogP contribution is 2.24. The van der Waals surface area contributed by atoms with Crippen LogP contribution in [0.1, 0.15) is 24.2 Å². The number of benzene rings is 1. The first-order valence-electron chi connectivity index (χ1n) is 5.22. The highest BCUT2D eigenvalue weighted by atomic mass is 79.9. The van der Waals surface area contributed by atoms with Gasteiger partial charge in [0.05, 0.1) is 0 Å². The number of nitrogens with zero attached hydrogens (tertiary/aromatic N) is 1. The summed E-state index contributed by atoms with van der Waals surface area (Å²) in [6, 6.07) is 6.14. The van der Waals surface area contributed by atoms with E-state index in [1.54, 1.807) is 0 Å². The van der Waals surface area contributed by atoms with Crippen LogP contribution in [0.25, 0.3) is 0 Å². The molecule has 0 aliphatic rings. The van der Waals surface area contributed by atoms with E-state index >= 15 is 0 Å². The van der Waals surface area contributed by atoms with E-state index < -0.39 is 0 Å². The minimum absolute atomic E-state index is 0.395. The maximum Gasteiger partial charge on any atom is 0.151 e. The van der Waals surface area contributed by atoms with Crippen LogP contribution in [0.2, 0.25) is 0 Å². The van der Waals surface area contributed by atoms with E-state index in [0.717, 1.165) is 23.0 Å². The van der Waals surface area contributed by atoms with E-state index in [9.17, 15) is 4.79 Å². The molecule has 1 aromatic rings. The third kappa shape index (κ3) is 2.95. The highest BCUT2D eigenvalue weighted by molar-refractivity contribution is 9.10. The average Bonchev–Trinajstić information content (AvgIpc) is 2.25. The summed E-state index contributed by atoms with van der Waals surface area (Å²) in [7, 11) is 0. The van der Waals surface area contributed by atoms with E-state index in [1.165, 1.54) is 0 Å². The Hall–Kier alpha value is -1.09. The molecule has 0 heterocycles. The van der Waals surface area contributed by atoms with Gasteiger partial charge in [-0.3, -0.25) is 4.79 Å². The number of rotatable bonds is 5. The molecule has 0 unspecified atom stereocenters. The van der Waals surface area contributed by atoms with Crippen molar-refractivity contribution in [2.75, 3.05) is 11.4 Å². The minimum Gasteiger partial charge on any atom is -0.365 e.